The molecule has 0 atom stereocenters. The maximum atomic E-state index is 6.24. The molecule has 4 heterocycles. The molecule has 0 unspecified atom stereocenters. The van der Waals surface area contributed by atoms with Gasteiger partial charge in [0.1, 0.15) is 5.52 Å². The van der Waals surface area contributed by atoms with Crippen LogP contribution in [0.2, 0.25) is 10.4 Å². The quantitative estimate of drug-likeness (QED) is 0.596. The van der Waals surface area contributed by atoms with Gasteiger partial charge in [0, 0.05) is 26.2 Å². The standard InChI is InChI=1S/C16H20Cl2N6/c17-12-11-13(22-16(18)20-12)21-15(24-9-5-2-6-10-24)14(19-11)23-7-3-1-4-8-23/h1-10H2. The summed E-state index contributed by atoms with van der Waals surface area (Å²) < 4.78 is 0. The summed E-state index contributed by atoms with van der Waals surface area (Å²) in [5.41, 5.74) is 1.00. The van der Waals surface area contributed by atoms with Gasteiger partial charge in [-0.05, 0) is 50.1 Å². The van der Waals surface area contributed by atoms with Gasteiger partial charge in [0.25, 0.3) is 0 Å². The van der Waals surface area contributed by atoms with E-state index in [-0.39, 0.29) is 10.4 Å². The number of fused-ring (bicyclic) bond motifs is 1. The van der Waals surface area contributed by atoms with Crippen LogP contribution in [0.3, 0.4) is 0 Å². The monoisotopic (exact) mass is 366 g/mol. The summed E-state index contributed by atoms with van der Waals surface area (Å²) >= 11 is 12.2. The van der Waals surface area contributed by atoms with Crippen molar-refractivity contribution in [3.63, 3.8) is 0 Å². The van der Waals surface area contributed by atoms with Crippen molar-refractivity contribution in [1.82, 2.24) is 19.9 Å². The summed E-state index contributed by atoms with van der Waals surface area (Å²) in [7, 11) is 0. The van der Waals surface area contributed by atoms with Crippen LogP contribution in [0.4, 0.5) is 11.6 Å². The maximum Gasteiger partial charge on any atom is 0.225 e. The Labute approximate surface area is 151 Å². The Morgan fingerprint density at radius 3 is 1.75 bits per heavy atom. The van der Waals surface area contributed by atoms with E-state index in [1.807, 2.05) is 0 Å². The number of piperidine rings is 2. The van der Waals surface area contributed by atoms with Gasteiger partial charge >= 0.3 is 0 Å². The van der Waals surface area contributed by atoms with Crippen LogP contribution >= 0.6 is 23.2 Å². The zero-order valence-corrected chi connectivity index (χ0v) is 15.0. The van der Waals surface area contributed by atoms with Gasteiger partial charge in [-0.15, -0.1) is 0 Å². The number of aromatic nitrogens is 4. The Morgan fingerprint density at radius 1 is 0.625 bits per heavy atom. The third-order valence-electron chi connectivity index (χ3n) is 4.74. The highest BCUT2D eigenvalue weighted by Gasteiger charge is 2.24. The van der Waals surface area contributed by atoms with Crippen molar-refractivity contribution in [3.8, 4) is 0 Å². The van der Waals surface area contributed by atoms with Gasteiger partial charge in [0.2, 0.25) is 5.28 Å². The number of hydrogen-bond acceptors (Lipinski definition) is 6. The predicted molar refractivity (Wildman–Crippen MR) is 97.3 cm³/mol. The molecule has 0 spiro atoms. The lowest BCUT2D eigenvalue weighted by Crippen LogP contribution is -2.36. The fourth-order valence-corrected chi connectivity index (χ4v) is 3.92. The summed E-state index contributed by atoms with van der Waals surface area (Å²) in [6.45, 7) is 4.03. The molecule has 4 rings (SSSR count). The molecular formula is C16H20Cl2N6. The van der Waals surface area contributed by atoms with Gasteiger partial charge in [-0.25, -0.2) is 15.0 Å². The van der Waals surface area contributed by atoms with Gasteiger partial charge in [-0.3, -0.25) is 0 Å². The third kappa shape index (κ3) is 3.09. The predicted octanol–water partition coefficient (Wildman–Crippen LogP) is 3.71. The zero-order chi connectivity index (χ0) is 16.5. The van der Waals surface area contributed by atoms with Gasteiger partial charge < -0.3 is 9.80 Å². The summed E-state index contributed by atoms with van der Waals surface area (Å²) in [6.07, 6.45) is 7.29. The van der Waals surface area contributed by atoms with Crippen LogP contribution in [-0.2, 0) is 0 Å². The molecule has 0 amide bonds. The van der Waals surface area contributed by atoms with E-state index in [0.29, 0.717) is 11.2 Å². The van der Waals surface area contributed by atoms with Gasteiger partial charge in [-0.2, -0.15) is 4.98 Å². The molecule has 0 aromatic carbocycles. The fraction of sp³-hybridized carbons (Fsp3) is 0.625. The van der Waals surface area contributed by atoms with E-state index >= 15 is 0 Å². The molecule has 8 heteroatoms. The molecule has 2 aromatic heterocycles. The van der Waals surface area contributed by atoms with Crippen LogP contribution < -0.4 is 9.80 Å². The first-order chi connectivity index (χ1) is 11.7. The van der Waals surface area contributed by atoms with Crippen molar-refractivity contribution < 1.29 is 0 Å². The topological polar surface area (TPSA) is 58.0 Å². The molecule has 2 aliphatic rings. The molecule has 0 saturated carbocycles. The van der Waals surface area contributed by atoms with E-state index in [0.717, 1.165) is 37.8 Å². The molecule has 128 valence electrons. The molecule has 2 aromatic rings. The Hall–Kier alpha value is -1.40. The Balaban J connectivity index is 1.85. The molecule has 2 aliphatic heterocycles. The highest BCUT2D eigenvalue weighted by atomic mass is 35.5. The summed E-state index contributed by atoms with van der Waals surface area (Å²) in [5.74, 6) is 1.83. The van der Waals surface area contributed by atoms with E-state index in [1.54, 1.807) is 0 Å². The molecule has 2 fully saturated rings. The zero-order valence-electron chi connectivity index (χ0n) is 13.5. The molecular weight excluding hydrogens is 347 g/mol. The summed E-state index contributed by atoms with van der Waals surface area (Å²) in [4.78, 5) is 22.5. The van der Waals surface area contributed by atoms with Crippen molar-refractivity contribution >= 4 is 46.0 Å². The van der Waals surface area contributed by atoms with E-state index in [9.17, 15) is 0 Å². The summed E-state index contributed by atoms with van der Waals surface area (Å²) in [5, 5.41) is 0.373. The normalized spacial score (nSPS) is 19.1. The molecule has 0 N–H and O–H groups in total. The minimum absolute atomic E-state index is 0.108. The minimum atomic E-state index is 0.108. The Bertz CT molecular complexity index is 741. The third-order valence-corrected chi connectivity index (χ3v) is 5.17. The van der Waals surface area contributed by atoms with Gasteiger partial charge in [0.15, 0.2) is 22.4 Å². The number of halogens is 2. The van der Waals surface area contributed by atoms with Gasteiger partial charge in [-0.1, -0.05) is 11.6 Å². The highest BCUT2D eigenvalue weighted by Crippen LogP contribution is 2.33. The van der Waals surface area contributed by atoms with Crippen LogP contribution in [0, 0.1) is 0 Å². The van der Waals surface area contributed by atoms with Crippen LogP contribution in [-0.4, -0.2) is 46.1 Å². The van der Waals surface area contributed by atoms with Crippen molar-refractivity contribution in [3.05, 3.63) is 10.4 Å². The second-order valence-electron chi connectivity index (χ2n) is 6.42. The smallest absolute Gasteiger partial charge is 0.225 e. The fourth-order valence-electron chi connectivity index (χ4n) is 3.51. The number of anilines is 2. The number of hydrogen-bond donors (Lipinski definition) is 0. The van der Waals surface area contributed by atoms with E-state index in [4.69, 9.17) is 33.2 Å². The number of nitrogens with zero attached hydrogens (tertiary/aromatic N) is 6. The highest BCUT2D eigenvalue weighted by molar-refractivity contribution is 6.35. The van der Waals surface area contributed by atoms with Gasteiger partial charge in [0.05, 0.1) is 0 Å². The largest absolute Gasteiger partial charge is 0.354 e. The first-order valence-corrected chi connectivity index (χ1v) is 9.38. The van der Waals surface area contributed by atoms with Crippen molar-refractivity contribution in [2.24, 2.45) is 0 Å². The van der Waals surface area contributed by atoms with Crippen molar-refractivity contribution in [2.75, 3.05) is 36.0 Å². The lowest BCUT2D eigenvalue weighted by Gasteiger charge is -2.34. The van der Waals surface area contributed by atoms with E-state index < -0.39 is 0 Å². The molecule has 0 aliphatic carbocycles. The SMILES string of the molecule is Clc1nc(Cl)c2nc(N3CCCCC3)c(N3CCCCC3)nc2n1. The Kier molecular flexibility index (Phi) is 4.59. The molecule has 0 bridgehead atoms. The minimum Gasteiger partial charge on any atom is -0.354 e. The lowest BCUT2D eigenvalue weighted by molar-refractivity contribution is 0.559. The van der Waals surface area contributed by atoms with Crippen molar-refractivity contribution in [1.29, 1.82) is 0 Å². The lowest BCUT2D eigenvalue weighted by atomic mass is 10.1. The van der Waals surface area contributed by atoms with E-state index in [1.165, 1.54) is 38.5 Å². The molecule has 24 heavy (non-hydrogen) atoms. The average molecular weight is 367 g/mol. The van der Waals surface area contributed by atoms with E-state index in [2.05, 4.69) is 19.8 Å². The van der Waals surface area contributed by atoms with Crippen LogP contribution in [0.25, 0.3) is 11.2 Å². The second kappa shape index (κ2) is 6.84. The second-order valence-corrected chi connectivity index (χ2v) is 7.12. The molecule has 2 saturated heterocycles. The first-order valence-electron chi connectivity index (χ1n) is 8.63. The Morgan fingerprint density at radius 2 is 1.17 bits per heavy atom. The van der Waals surface area contributed by atoms with Crippen LogP contribution in [0.5, 0.6) is 0 Å². The van der Waals surface area contributed by atoms with Crippen LogP contribution in [0.1, 0.15) is 38.5 Å². The maximum absolute atomic E-state index is 6.24. The first kappa shape index (κ1) is 16.1. The van der Waals surface area contributed by atoms with Crippen LogP contribution in [0.15, 0.2) is 0 Å². The molecule has 0 radical (unpaired) electrons. The average Bonchev–Trinajstić information content (AvgIpc) is 2.62. The number of rotatable bonds is 2. The summed E-state index contributed by atoms with van der Waals surface area (Å²) in [6, 6.07) is 0. The van der Waals surface area contributed by atoms with Crippen molar-refractivity contribution in [2.45, 2.75) is 38.5 Å². The molecule has 6 nitrogen and oxygen atoms in total.